The fourth-order valence-electron chi connectivity index (χ4n) is 2.13. The molecule has 1 aromatic heterocycles. The number of likely N-dealkylation sites (tertiary alicyclic amines) is 1. The summed E-state index contributed by atoms with van der Waals surface area (Å²) in [6, 6.07) is 7.88. The topological polar surface area (TPSA) is 74.8 Å². The molecule has 92 valence electrons. The first-order chi connectivity index (χ1) is 8.83. The van der Waals surface area contributed by atoms with E-state index < -0.39 is 0 Å². The van der Waals surface area contributed by atoms with Gasteiger partial charge in [0, 0.05) is 25.1 Å². The summed E-state index contributed by atoms with van der Waals surface area (Å²) in [5.41, 5.74) is 2.04. The third-order valence-electron chi connectivity index (χ3n) is 3.10. The van der Waals surface area contributed by atoms with Gasteiger partial charge in [0.2, 0.25) is 11.7 Å². The number of amides is 1. The Bertz CT molecular complexity index is 534. The zero-order valence-electron chi connectivity index (χ0n) is 9.83. The van der Waals surface area contributed by atoms with Crippen molar-refractivity contribution in [3.05, 3.63) is 29.8 Å². The molecule has 2 aromatic rings. The van der Waals surface area contributed by atoms with E-state index in [1.54, 1.807) is 0 Å². The number of carbonyl (C=O) groups excluding carboxylic acids is 1. The first-order valence-electron chi connectivity index (χ1n) is 5.93. The molecule has 1 aliphatic heterocycles. The van der Waals surface area contributed by atoms with E-state index in [0.29, 0.717) is 18.8 Å². The number of benzene rings is 1. The van der Waals surface area contributed by atoms with Crippen LogP contribution in [0.3, 0.4) is 0 Å². The maximum absolute atomic E-state index is 11.5. The quantitative estimate of drug-likeness (QED) is 0.872. The van der Waals surface area contributed by atoms with Gasteiger partial charge < -0.3 is 4.90 Å². The van der Waals surface area contributed by atoms with Crippen LogP contribution in [0, 0.1) is 0 Å². The van der Waals surface area contributed by atoms with Gasteiger partial charge in [0.15, 0.2) is 0 Å². The molecule has 0 bridgehead atoms. The third kappa shape index (κ3) is 2.09. The van der Waals surface area contributed by atoms with Gasteiger partial charge >= 0.3 is 0 Å². The highest BCUT2D eigenvalue weighted by Crippen LogP contribution is 2.17. The van der Waals surface area contributed by atoms with Crippen molar-refractivity contribution in [1.82, 2.24) is 25.5 Å². The first-order valence-corrected chi connectivity index (χ1v) is 5.93. The molecule has 1 N–H and O–H groups in total. The highest BCUT2D eigenvalue weighted by atomic mass is 16.2. The number of nitrogens with one attached hydrogen (secondary N) is 1. The van der Waals surface area contributed by atoms with Crippen molar-refractivity contribution in [2.45, 2.75) is 19.4 Å². The number of aromatic amines is 1. The van der Waals surface area contributed by atoms with E-state index in [0.717, 1.165) is 24.1 Å². The van der Waals surface area contributed by atoms with E-state index in [9.17, 15) is 4.79 Å². The average molecular weight is 243 g/mol. The monoisotopic (exact) mass is 243 g/mol. The van der Waals surface area contributed by atoms with Crippen LogP contribution in [0.15, 0.2) is 24.3 Å². The van der Waals surface area contributed by atoms with Gasteiger partial charge in [-0.15, -0.1) is 10.2 Å². The number of hydrogen-bond donors (Lipinski definition) is 1. The van der Waals surface area contributed by atoms with E-state index >= 15 is 0 Å². The molecule has 1 aliphatic rings. The first kappa shape index (κ1) is 10.9. The standard InChI is InChI=1S/C12H13N5O/c18-11-2-1-7-17(11)8-9-3-5-10(6-4-9)12-13-15-16-14-12/h3-6H,1-2,7-8H2,(H,13,14,15,16). The summed E-state index contributed by atoms with van der Waals surface area (Å²) in [4.78, 5) is 13.4. The van der Waals surface area contributed by atoms with E-state index in [-0.39, 0.29) is 5.91 Å². The van der Waals surface area contributed by atoms with E-state index in [1.807, 2.05) is 29.2 Å². The summed E-state index contributed by atoms with van der Waals surface area (Å²) < 4.78 is 0. The normalized spacial score (nSPS) is 15.3. The largest absolute Gasteiger partial charge is 0.338 e. The summed E-state index contributed by atoms with van der Waals surface area (Å²) in [6.45, 7) is 1.55. The maximum Gasteiger partial charge on any atom is 0.222 e. The molecule has 18 heavy (non-hydrogen) atoms. The van der Waals surface area contributed by atoms with Crippen LogP contribution in [-0.2, 0) is 11.3 Å². The van der Waals surface area contributed by atoms with Gasteiger partial charge in [-0.05, 0) is 17.2 Å². The van der Waals surface area contributed by atoms with Crippen LogP contribution < -0.4 is 0 Å². The smallest absolute Gasteiger partial charge is 0.222 e. The van der Waals surface area contributed by atoms with Crippen LogP contribution >= 0.6 is 0 Å². The van der Waals surface area contributed by atoms with Crippen LogP contribution in [0.5, 0.6) is 0 Å². The minimum atomic E-state index is 0.247. The second-order valence-corrected chi connectivity index (χ2v) is 4.35. The van der Waals surface area contributed by atoms with Crippen LogP contribution in [0.1, 0.15) is 18.4 Å². The van der Waals surface area contributed by atoms with Gasteiger partial charge in [-0.25, -0.2) is 0 Å². The third-order valence-corrected chi connectivity index (χ3v) is 3.10. The Labute approximate surface area is 104 Å². The molecule has 0 saturated carbocycles. The maximum atomic E-state index is 11.5. The van der Waals surface area contributed by atoms with Crippen LogP contribution in [0.4, 0.5) is 0 Å². The highest BCUT2D eigenvalue weighted by molar-refractivity contribution is 5.78. The fraction of sp³-hybridized carbons (Fsp3) is 0.333. The van der Waals surface area contributed by atoms with Crippen molar-refractivity contribution in [2.24, 2.45) is 0 Å². The van der Waals surface area contributed by atoms with E-state index in [2.05, 4.69) is 20.6 Å². The molecule has 2 heterocycles. The van der Waals surface area contributed by atoms with E-state index in [1.165, 1.54) is 0 Å². The molecular weight excluding hydrogens is 230 g/mol. The van der Waals surface area contributed by atoms with Crippen molar-refractivity contribution in [3.63, 3.8) is 0 Å². The van der Waals surface area contributed by atoms with Gasteiger partial charge in [0.1, 0.15) is 0 Å². The van der Waals surface area contributed by atoms with Gasteiger partial charge in [0.05, 0.1) is 0 Å². The Morgan fingerprint density at radius 1 is 1.28 bits per heavy atom. The molecule has 0 radical (unpaired) electrons. The number of tetrazole rings is 1. The lowest BCUT2D eigenvalue weighted by Gasteiger charge is -2.15. The van der Waals surface area contributed by atoms with Crippen molar-refractivity contribution < 1.29 is 4.79 Å². The molecule has 6 nitrogen and oxygen atoms in total. The van der Waals surface area contributed by atoms with Crippen LogP contribution in [0.2, 0.25) is 0 Å². The number of nitrogens with zero attached hydrogens (tertiary/aromatic N) is 4. The Balaban J connectivity index is 1.73. The summed E-state index contributed by atoms with van der Waals surface area (Å²) in [7, 11) is 0. The number of H-pyrrole nitrogens is 1. The Morgan fingerprint density at radius 2 is 2.11 bits per heavy atom. The van der Waals surface area contributed by atoms with Gasteiger partial charge in [0.25, 0.3) is 0 Å². The van der Waals surface area contributed by atoms with E-state index in [4.69, 9.17) is 0 Å². The number of carbonyl (C=O) groups is 1. The lowest BCUT2D eigenvalue weighted by molar-refractivity contribution is -0.128. The molecule has 1 aromatic carbocycles. The molecule has 0 atom stereocenters. The van der Waals surface area contributed by atoms with Crippen molar-refractivity contribution in [3.8, 4) is 11.4 Å². The van der Waals surface area contributed by atoms with Crippen LogP contribution in [0.25, 0.3) is 11.4 Å². The zero-order chi connectivity index (χ0) is 12.4. The fourth-order valence-corrected chi connectivity index (χ4v) is 2.13. The second kappa shape index (κ2) is 4.56. The van der Waals surface area contributed by atoms with Gasteiger partial charge in [-0.2, -0.15) is 5.21 Å². The average Bonchev–Trinajstić information content (AvgIpc) is 3.03. The van der Waals surface area contributed by atoms with Crippen LogP contribution in [-0.4, -0.2) is 38.0 Å². The minimum Gasteiger partial charge on any atom is -0.338 e. The second-order valence-electron chi connectivity index (χ2n) is 4.35. The SMILES string of the molecule is O=C1CCCN1Cc1ccc(-c2nn[nH]n2)cc1. The Hall–Kier alpha value is -2.24. The van der Waals surface area contributed by atoms with Gasteiger partial charge in [-0.3, -0.25) is 4.79 Å². The number of aromatic nitrogens is 4. The minimum absolute atomic E-state index is 0.247. The molecule has 1 saturated heterocycles. The number of rotatable bonds is 3. The molecular formula is C12H13N5O. The molecule has 0 spiro atoms. The molecule has 1 fully saturated rings. The number of hydrogen-bond acceptors (Lipinski definition) is 4. The van der Waals surface area contributed by atoms with Crippen molar-refractivity contribution >= 4 is 5.91 Å². The summed E-state index contributed by atoms with van der Waals surface area (Å²) in [6.07, 6.45) is 1.65. The zero-order valence-corrected chi connectivity index (χ0v) is 9.83. The highest BCUT2D eigenvalue weighted by Gasteiger charge is 2.19. The Morgan fingerprint density at radius 3 is 2.72 bits per heavy atom. The summed E-state index contributed by atoms with van der Waals surface area (Å²) in [5, 5.41) is 13.8. The molecule has 6 heteroatoms. The van der Waals surface area contributed by atoms with Crippen molar-refractivity contribution in [2.75, 3.05) is 6.54 Å². The predicted octanol–water partition coefficient (Wildman–Crippen LogP) is 0.989. The Kier molecular flexibility index (Phi) is 2.76. The molecule has 1 amide bonds. The molecule has 0 aliphatic carbocycles. The summed E-state index contributed by atoms with van der Waals surface area (Å²) in [5.74, 6) is 0.830. The molecule has 3 rings (SSSR count). The van der Waals surface area contributed by atoms with Crippen molar-refractivity contribution in [1.29, 1.82) is 0 Å². The lowest BCUT2D eigenvalue weighted by atomic mass is 10.1. The summed E-state index contributed by atoms with van der Waals surface area (Å²) >= 11 is 0. The van der Waals surface area contributed by atoms with Gasteiger partial charge in [-0.1, -0.05) is 24.3 Å². The lowest BCUT2D eigenvalue weighted by Crippen LogP contribution is -2.23. The predicted molar refractivity (Wildman–Crippen MR) is 64.3 cm³/mol. The molecule has 0 unspecified atom stereocenters.